The lowest BCUT2D eigenvalue weighted by Crippen LogP contribution is -1.98. The Kier molecular flexibility index (Phi) is 5.20. The number of benzene rings is 1. The van der Waals surface area contributed by atoms with Crippen LogP contribution in [0.4, 0.5) is 5.69 Å². The lowest BCUT2D eigenvalue weighted by molar-refractivity contribution is -0.385. The predicted octanol–water partition coefficient (Wildman–Crippen LogP) is 3.64. The van der Waals surface area contributed by atoms with Gasteiger partial charge in [0.2, 0.25) is 0 Å². The van der Waals surface area contributed by atoms with Gasteiger partial charge in [-0.25, -0.2) is 0 Å². The summed E-state index contributed by atoms with van der Waals surface area (Å²) < 4.78 is 5.46. The van der Waals surface area contributed by atoms with Crippen LogP contribution in [0.25, 0.3) is 0 Å². The summed E-state index contributed by atoms with van der Waals surface area (Å²) in [6, 6.07) is 4.94. The minimum atomic E-state index is -0.389. The molecule has 0 heterocycles. The Hall–Kier alpha value is -1.84. The van der Waals surface area contributed by atoms with Gasteiger partial charge in [-0.05, 0) is 38.3 Å². The average Bonchev–Trinajstić information content (AvgIpc) is 2.30. The molecular formula is C13H17NO3. The molecule has 0 aromatic heterocycles. The quantitative estimate of drug-likeness (QED) is 0.314. The predicted molar refractivity (Wildman–Crippen MR) is 67.4 cm³/mol. The monoisotopic (exact) mass is 235 g/mol. The van der Waals surface area contributed by atoms with E-state index in [-0.39, 0.29) is 10.6 Å². The van der Waals surface area contributed by atoms with E-state index in [0.717, 1.165) is 19.3 Å². The van der Waals surface area contributed by atoms with E-state index >= 15 is 0 Å². The van der Waals surface area contributed by atoms with Crippen molar-refractivity contribution in [2.45, 2.75) is 26.2 Å². The van der Waals surface area contributed by atoms with Gasteiger partial charge in [0.1, 0.15) is 5.75 Å². The van der Waals surface area contributed by atoms with Crippen LogP contribution >= 0.6 is 0 Å². The molecule has 0 aliphatic carbocycles. The van der Waals surface area contributed by atoms with Crippen molar-refractivity contribution in [2.24, 2.45) is 0 Å². The molecule has 0 fully saturated rings. The van der Waals surface area contributed by atoms with Crippen LogP contribution in [-0.4, -0.2) is 11.5 Å². The SMILES string of the molecule is C=CCCCCOc1ccc(C)c([N+](=O)[O-])c1. The van der Waals surface area contributed by atoms with Gasteiger partial charge in [-0.3, -0.25) is 10.1 Å². The lowest BCUT2D eigenvalue weighted by Gasteiger charge is -2.06. The van der Waals surface area contributed by atoms with Gasteiger partial charge in [0.25, 0.3) is 5.69 Å². The van der Waals surface area contributed by atoms with E-state index in [1.807, 2.05) is 6.08 Å². The zero-order valence-electron chi connectivity index (χ0n) is 10.0. The molecule has 1 aromatic rings. The fraction of sp³-hybridized carbons (Fsp3) is 0.385. The van der Waals surface area contributed by atoms with Crippen LogP contribution in [0, 0.1) is 17.0 Å². The number of hydrogen-bond donors (Lipinski definition) is 0. The molecule has 0 N–H and O–H groups in total. The highest BCUT2D eigenvalue weighted by molar-refractivity contribution is 5.45. The van der Waals surface area contributed by atoms with Crippen molar-refractivity contribution >= 4 is 5.69 Å². The number of ether oxygens (including phenoxy) is 1. The molecule has 1 rings (SSSR count). The van der Waals surface area contributed by atoms with Crippen molar-refractivity contribution < 1.29 is 9.66 Å². The van der Waals surface area contributed by atoms with Crippen LogP contribution in [0.1, 0.15) is 24.8 Å². The highest BCUT2D eigenvalue weighted by Gasteiger charge is 2.11. The molecule has 1 aromatic carbocycles. The van der Waals surface area contributed by atoms with E-state index in [1.165, 1.54) is 6.07 Å². The summed E-state index contributed by atoms with van der Waals surface area (Å²) in [4.78, 5) is 10.3. The average molecular weight is 235 g/mol. The normalized spacial score (nSPS) is 9.94. The minimum absolute atomic E-state index is 0.105. The van der Waals surface area contributed by atoms with Gasteiger partial charge in [0.05, 0.1) is 17.6 Å². The first-order chi connectivity index (χ1) is 8.15. The molecule has 0 amide bonds. The van der Waals surface area contributed by atoms with Crippen molar-refractivity contribution in [1.82, 2.24) is 0 Å². The number of nitro groups is 1. The molecule has 4 nitrogen and oxygen atoms in total. The molecule has 0 saturated heterocycles. The Morgan fingerprint density at radius 2 is 2.24 bits per heavy atom. The lowest BCUT2D eigenvalue weighted by atomic mass is 10.2. The second-order valence-electron chi connectivity index (χ2n) is 3.84. The Balaban J connectivity index is 2.51. The van der Waals surface area contributed by atoms with Crippen molar-refractivity contribution in [3.05, 3.63) is 46.5 Å². The van der Waals surface area contributed by atoms with E-state index in [9.17, 15) is 10.1 Å². The minimum Gasteiger partial charge on any atom is -0.493 e. The Labute approximate surface area is 101 Å². The second kappa shape index (κ2) is 6.68. The van der Waals surface area contributed by atoms with Crippen LogP contribution in [0.15, 0.2) is 30.9 Å². The Morgan fingerprint density at radius 3 is 2.88 bits per heavy atom. The van der Waals surface area contributed by atoms with Crippen molar-refractivity contribution in [3.8, 4) is 5.75 Å². The van der Waals surface area contributed by atoms with E-state index < -0.39 is 0 Å². The molecule has 92 valence electrons. The topological polar surface area (TPSA) is 52.4 Å². The number of nitrogens with zero attached hydrogens (tertiary/aromatic N) is 1. The highest BCUT2D eigenvalue weighted by Crippen LogP contribution is 2.23. The van der Waals surface area contributed by atoms with Crippen LogP contribution < -0.4 is 4.74 Å². The van der Waals surface area contributed by atoms with Crippen molar-refractivity contribution in [1.29, 1.82) is 0 Å². The molecule has 0 spiro atoms. The molecule has 0 radical (unpaired) electrons. The molecule has 4 heteroatoms. The smallest absolute Gasteiger partial charge is 0.275 e. The maximum atomic E-state index is 10.7. The summed E-state index contributed by atoms with van der Waals surface area (Å²) in [6.45, 7) is 5.93. The number of hydrogen-bond acceptors (Lipinski definition) is 3. The molecule has 0 unspecified atom stereocenters. The second-order valence-corrected chi connectivity index (χ2v) is 3.84. The Morgan fingerprint density at radius 1 is 1.47 bits per heavy atom. The summed E-state index contributed by atoms with van der Waals surface area (Å²) >= 11 is 0. The molecule has 0 aliphatic heterocycles. The maximum Gasteiger partial charge on any atom is 0.275 e. The van der Waals surface area contributed by atoms with Crippen LogP contribution in [0.5, 0.6) is 5.75 Å². The molecule has 0 atom stereocenters. The van der Waals surface area contributed by atoms with Gasteiger partial charge in [-0.15, -0.1) is 6.58 Å². The van der Waals surface area contributed by atoms with Gasteiger partial charge in [0.15, 0.2) is 0 Å². The summed E-state index contributed by atoms with van der Waals surface area (Å²) in [5.41, 5.74) is 0.752. The number of allylic oxidation sites excluding steroid dienone is 1. The summed E-state index contributed by atoms with van der Waals surface area (Å²) in [7, 11) is 0. The van der Waals surface area contributed by atoms with E-state index in [4.69, 9.17) is 4.74 Å². The summed E-state index contributed by atoms with van der Waals surface area (Å²) in [5.74, 6) is 0.556. The fourth-order valence-electron chi connectivity index (χ4n) is 1.46. The third-order valence-corrected chi connectivity index (χ3v) is 2.45. The van der Waals surface area contributed by atoms with Crippen molar-refractivity contribution in [2.75, 3.05) is 6.61 Å². The van der Waals surface area contributed by atoms with E-state index in [1.54, 1.807) is 19.1 Å². The summed E-state index contributed by atoms with van der Waals surface area (Å²) in [6.07, 6.45) is 4.79. The Bertz CT molecular complexity index is 402. The largest absolute Gasteiger partial charge is 0.493 e. The van der Waals surface area contributed by atoms with Crippen LogP contribution in [0.3, 0.4) is 0 Å². The van der Waals surface area contributed by atoms with Gasteiger partial charge >= 0.3 is 0 Å². The van der Waals surface area contributed by atoms with Gasteiger partial charge in [-0.2, -0.15) is 0 Å². The molecule has 17 heavy (non-hydrogen) atoms. The van der Waals surface area contributed by atoms with E-state index in [0.29, 0.717) is 17.9 Å². The van der Waals surface area contributed by atoms with Gasteiger partial charge in [0, 0.05) is 5.56 Å². The van der Waals surface area contributed by atoms with Crippen molar-refractivity contribution in [3.63, 3.8) is 0 Å². The van der Waals surface area contributed by atoms with Crippen LogP contribution in [0.2, 0.25) is 0 Å². The first-order valence-electron chi connectivity index (χ1n) is 5.64. The third-order valence-electron chi connectivity index (χ3n) is 2.45. The number of nitro benzene ring substituents is 1. The highest BCUT2D eigenvalue weighted by atomic mass is 16.6. The number of rotatable bonds is 7. The first kappa shape index (κ1) is 13.2. The standard InChI is InChI=1S/C13H17NO3/c1-3-4-5-6-9-17-12-8-7-11(2)13(10-12)14(15)16/h3,7-8,10H,1,4-6,9H2,2H3. The molecule has 0 bridgehead atoms. The molecule has 0 saturated carbocycles. The first-order valence-corrected chi connectivity index (χ1v) is 5.64. The molecule has 0 aliphatic rings. The van der Waals surface area contributed by atoms with Gasteiger partial charge in [-0.1, -0.05) is 6.08 Å². The number of aryl methyl sites for hydroxylation is 1. The summed E-state index contributed by atoms with van der Waals surface area (Å²) in [5, 5.41) is 10.7. The maximum absolute atomic E-state index is 10.7. The zero-order valence-corrected chi connectivity index (χ0v) is 10.0. The zero-order chi connectivity index (χ0) is 12.7. The number of unbranched alkanes of at least 4 members (excludes halogenated alkanes) is 2. The van der Waals surface area contributed by atoms with Gasteiger partial charge < -0.3 is 4.74 Å². The molecular weight excluding hydrogens is 218 g/mol. The third kappa shape index (κ3) is 4.26. The van der Waals surface area contributed by atoms with Crippen LogP contribution in [-0.2, 0) is 0 Å². The van der Waals surface area contributed by atoms with E-state index in [2.05, 4.69) is 6.58 Å². The fourth-order valence-corrected chi connectivity index (χ4v) is 1.46.